The molecule has 2 aromatic rings. The lowest BCUT2D eigenvalue weighted by Gasteiger charge is -2.12. The molecular formula is C16H16FNO. The van der Waals surface area contributed by atoms with Gasteiger partial charge in [0, 0.05) is 12.1 Å². The number of carbonyl (C=O) groups excluding carboxylic acids is 1. The molecule has 0 aliphatic heterocycles. The smallest absolute Gasteiger partial charge is 0.224 e. The van der Waals surface area contributed by atoms with Crippen LogP contribution in [0, 0.1) is 5.82 Å². The van der Waals surface area contributed by atoms with Gasteiger partial charge in [-0.1, -0.05) is 37.3 Å². The number of rotatable bonds is 4. The molecule has 1 atom stereocenters. The third-order valence-corrected chi connectivity index (χ3v) is 2.99. The summed E-state index contributed by atoms with van der Waals surface area (Å²) in [6, 6.07) is 15.7. The summed E-state index contributed by atoms with van der Waals surface area (Å²) < 4.78 is 12.7. The fourth-order valence-electron chi connectivity index (χ4n) is 1.92. The predicted octanol–water partition coefficient (Wildman–Crippen LogP) is 3.96. The van der Waals surface area contributed by atoms with Crippen LogP contribution in [0.25, 0.3) is 0 Å². The van der Waals surface area contributed by atoms with E-state index in [1.165, 1.54) is 12.1 Å². The summed E-state index contributed by atoms with van der Waals surface area (Å²) in [5.74, 6) is -0.222. The Morgan fingerprint density at radius 3 is 2.37 bits per heavy atom. The molecular weight excluding hydrogens is 241 g/mol. The number of benzene rings is 2. The van der Waals surface area contributed by atoms with Gasteiger partial charge in [-0.2, -0.15) is 0 Å². The summed E-state index contributed by atoms with van der Waals surface area (Å²) in [7, 11) is 0. The van der Waals surface area contributed by atoms with Gasteiger partial charge in [0.2, 0.25) is 5.91 Å². The minimum Gasteiger partial charge on any atom is -0.326 e. The average Bonchev–Trinajstić information content (AvgIpc) is 2.42. The molecule has 0 radical (unpaired) electrons. The highest BCUT2D eigenvalue weighted by molar-refractivity contribution is 5.91. The fourth-order valence-corrected chi connectivity index (χ4v) is 1.92. The van der Waals surface area contributed by atoms with E-state index in [2.05, 4.69) is 5.32 Å². The summed E-state index contributed by atoms with van der Waals surface area (Å²) in [5, 5.41) is 2.76. The third kappa shape index (κ3) is 3.91. The van der Waals surface area contributed by atoms with Gasteiger partial charge in [-0.15, -0.1) is 0 Å². The number of hydrogen-bond donors (Lipinski definition) is 1. The first-order chi connectivity index (χ1) is 9.15. The Morgan fingerprint density at radius 2 is 1.74 bits per heavy atom. The van der Waals surface area contributed by atoms with Crippen molar-refractivity contribution in [1.29, 1.82) is 0 Å². The minimum absolute atomic E-state index is 0.0667. The van der Waals surface area contributed by atoms with E-state index in [0.717, 1.165) is 5.56 Å². The van der Waals surface area contributed by atoms with Gasteiger partial charge in [0.1, 0.15) is 5.82 Å². The quantitative estimate of drug-likeness (QED) is 0.882. The predicted molar refractivity (Wildman–Crippen MR) is 74.5 cm³/mol. The number of nitrogens with one attached hydrogen (secondary N) is 1. The van der Waals surface area contributed by atoms with E-state index >= 15 is 0 Å². The Bertz CT molecular complexity index is 536. The molecule has 0 heterocycles. The van der Waals surface area contributed by atoms with Gasteiger partial charge in [-0.3, -0.25) is 4.79 Å². The molecule has 0 aliphatic rings. The number of anilines is 1. The van der Waals surface area contributed by atoms with E-state index in [1.807, 2.05) is 37.3 Å². The zero-order valence-electron chi connectivity index (χ0n) is 10.8. The van der Waals surface area contributed by atoms with Crippen molar-refractivity contribution in [2.24, 2.45) is 0 Å². The molecule has 0 spiro atoms. The molecule has 1 N–H and O–H groups in total. The number of halogens is 1. The Morgan fingerprint density at radius 1 is 1.11 bits per heavy atom. The first-order valence-corrected chi connectivity index (χ1v) is 6.25. The zero-order valence-corrected chi connectivity index (χ0v) is 10.8. The largest absolute Gasteiger partial charge is 0.326 e. The van der Waals surface area contributed by atoms with Crippen molar-refractivity contribution in [1.82, 2.24) is 0 Å². The number of amides is 1. The summed E-state index contributed by atoms with van der Waals surface area (Å²) in [5.41, 5.74) is 1.75. The van der Waals surface area contributed by atoms with Crippen LogP contribution >= 0.6 is 0 Å². The Hall–Kier alpha value is -2.16. The standard InChI is InChI=1S/C16H16FNO/c1-12(13-5-3-2-4-6-13)11-16(19)18-15-9-7-14(17)8-10-15/h2-10,12H,11H2,1H3,(H,18,19)/t12-/m0/s1. The lowest BCUT2D eigenvalue weighted by atomic mass is 9.97. The van der Waals surface area contributed by atoms with E-state index in [9.17, 15) is 9.18 Å². The van der Waals surface area contributed by atoms with Gasteiger partial charge in [-0.25, -0.2) is 4.39 Å². The second kappa shape index (κ2) is 6.14. The molecule has 19 heavy (non-hydrogen) atoms. The summed E-state index contributed by atoms with van der Waals surface area (Å²) in [6.07, 6.45) is 0.404. The Kier molecular flexibility index (Phi) is 4.29. The van der Waals surface area contributed by atoms with Crippen LogP contribution in [0.3, 0.4) is 0 Å². The monoisotopic (exact) mass is 257 g/mol. The van der Waals surface area contributed by atoms with Gasteiger partial charge in [0.05, 0.1) is 0 Å². The lowest BCUT2D eigenvalue weighted by Crippen LogP contribution is -2.14. The van der Waals surface area contributed by atoms with Crippen LogP contribution in [0.2, 0.25) is 0 Å². The maximum Gasteiger partial charge on any atom is 0.224 e. The molecule has 0 aromatic heterocycles. The van der Waals surface area contributed by atoms with Gasteiger partial charge >= 0.3 is 0 Å². The van der Waals surface area contributed by atoms with Crippen molar-refractivity contribution in [2.75, 3.05) is 5.32 Å². The van der Waals surface area contributed by atoms with E-state index in [4.69, 9.17) is 0 Å². The Balaban J connectivity index is 1.93. The SMILES string of the molecule is C[C@@H](CC(=O)Nc1ccc(F)cc1)c1ccccc1. The van der Waals surface area contributed by atoms with Gasteiger partial charge in [0.25, 0.3) is 0 Å². The molecule has 0 fully saturated rings. The number of carbonyl (C=O) groups is 1. The molecule has 0 unspecified atom stereocenters. The van der Waals surface area contributed by atoms with Crippen LogP contribution in [0.1, 0.15) is 24.8 Å². The molecule has 2 rings (SSSR count). The van der Waals surface area contributed by atoms with E-state index < -0.39 is 0 Å². The van der Waals surface area contributed by atoms with Crippen LogP contribution < -0.4 is 5.32 Å². The van der Waals surface area contributed by atoms with Crippen LogP contribution in [-0.4, -0.2) is 5.91 Å². The molecule has 0 saturated heterocycles. The second-order valence-electron chi connectivity index (χ2n) is 4.57. The normalized spacial score (nSPS) is 11.9. The molecule has 3 heteroatoms. The first-order valence-electron chi connectivity index (χ1n) is 6.25. The van der Waals surface area contributed by atoms with Crippen molar-refractivity contribution >= 4 is 11.6 Å². The van der Waals surface area contributed by atoms with Crippen molar-refractivity contribution in [2.45, 2.75) is 19.3 Å². The molecule has 0 aliphatic carbocycles. The maximum atomic E-state index is 12.7. The topological polar surface area (TPSA) is 29.1 Å². The number of hydrogen-bond acceptors (Lipinski definition) is 1. The van der Waals surface area contributed by atoms with Crippen molar-refractivity contribution in [3.05, 3.63) is 66.0 Å². The van der Waals surface area contributed by atoms with Crippen molar-refractivity contribution in [3.63, 3.8) is 0 Å². The van der Waals surface area contributed by atoms with Crippen molar-refractivity contribution in [3.8, 4) is 0 Å². The highest BCUT2D eigenvalue weighted by atomic mass is 19.1. The van der Waals surface area contributed by atoms with Crippen LogP contribution in [0.4, 0.5) is 10.1 Å². The average molecular weight is 257 g/mol. The molecule has 0 saturated carbocycles. The lowest BCUT2D eigenvalue weighted by molar-refractivity contribution is -0.116. The maximum absolute atomic E-state index is 12.7. The minimum atomic E-state index is -0.310. The third-order valence-electron chi connectivity index (χ3n) is 2.99. The van der Waals surface area contributed by atoms with Crippen LogP contribution in [0.15, 0.2) is 54.6 Å². The van der Waals surface area contributed by atoms with E-state index in [0.29, 0.717) is 12.1 Å². The van der Waals surface area contributed by atoms with Crippen LogP contribution in [-0.2, 0) is 4.79 Å². The summed E-state index contributed by atoms with van der Waals surface area (Å²) in [4.78, 5) is 11.9. The van der Waals surface area contributed by atoms with Crippen LogP contribution in [0.5, 0.6) is 0 Å². The first kappa shape index (κ1) is 13.3. The van der Waals surface area contributed by atoms with Gasteiger partial charge in [0.15, 0.2) is 0 Å². The van der Waals surface area contributed by atoms with E-state index in [-0.39, 0.29) is 17.6 Å². The molecule has 98 valence electrons. The zero-order chi connectivity index (χ0) is 13.7. The molecule has 1 amide bonds. The van der Waals surface area contributed by atoms with Gasteiger partial charge in [-0.05, 0) is 35.7 Å². The highest BCUT2D eigenvalue weighted by Crippen LogP contribution is 2.19. The molecule has 0 bridgehead atoms. The summed E-state index contributed by atoms with van der Waals surface area (Å²) in [6.45, 7) is 2.01. The second-order valence-corrected chi connectivity index (χ2v) is 4.57. The summed E-state index contributed by atoms with van der Waals surface area (Å²) >= 11 is 0. The Labute approximate surface area is 112 Å². The highest BCUT2D eigenvalue weighted by Gasteiger charge is 2.11. The molecule has 2 aromatic carbocycles. The van der Waals surface area contributed by atoms with Crippen molar-refractivity contribution < 1.29 is 9.18 Å². The fraction of sp³-hybridized carbons (Fsp3) is 0.188. The molecule has 2 nitrogen and oxygen atoms in total. The van der Waals surface area contributed by atoms with E-state index in [1.54, 1.807) is 12.1 Å². The van der Waals surface area contributed by atoms with Gasteiger partial charge < -0.3 is 5.32 Å².